The molecule has 1 amide bonds. The van der Waals surface area contributed by atoms with E-state index in [2.05, 4.69) is 10.3 Å². The number of methoxy groups -OCH3 is 1. The van der Waals surface area contributed by atoms with E-state index >= 15 is 0 Å². The van der Waals surface area contributed by atoms with Gasteiger partial charge in [0.25, 0.3) is 5.91 Å². The van der Waals surface area contributed by atoms with Gasteiger partial charge in [-0.2, -0.15) is 0 Å². The van der Waals surface area contributed by atoms with Crippen molar-refractivity contribution >= 4 is 22.8 Å². The maximum atomic E-state index is 12.4. The first-order valence-corrected chi connectivity index (χ1v) is 6.77. The van der Waals surface area contributed by atoms with Gasteiger partial charge in [-0.15, -0.1) is 0 Å². The molecular formula is C16H18N2O3. The van der Waals surface area contributed by atoms with E-state index in [1.165, 1.54) is 7.11 Å². The second-order valence-electron chi connectivity index (χ2n) is 5.09. The molecule has 0 fully saturated rings. The Hall–Kier alpha value is -2.43. The average Bonchev–Trinajstić information content (AvgIpc) is 2.50. The molecule has 0 saturated heterocycles. The lowest BCUT2D eigenvalue weighted by Gasteiger charge is -2.20. The molecule has 0 bridgehead atoms. The van der Waals surface area contributed by atoms with Crippen LogP contribution in [0.25, 0.3) is 10.9 Å². The molecule has 0 aliphatic carbocycles. The Morgan fingerprint density at radius 1 is 1.19 bits per heavy atom. The Morgan fingerprint density at radius 2 is 1.90 bits per heavy atom. The molecule has 2 rings (SSSR count). The highest BCUT2D eigenvalue weighted by atomic mass is 16.5. The lowest BCUT2D eigenvalue weighted by atomic mass is 10.0. The highest BCUT2D eigenvalue weighted by molar-refractivity contribution is 6.07. The zero-order valence-corrected chi connectivity index (χ0v) is 12.3. The molecule has 0 spiro atoms. The van der Waals surface area contributed by atoms with Gasteiger partial charge < -0.3 is 10.1 Å². The van der Waals surface area contributed by atoms with Gasteiger partial charge in [-0.3, -0.25) is 9.78 Å². The van der Waals surface area contributed by atoms with Crippen LogP contribution in [0.15, 0.2) is 36.5 Å². The van der Waals surface area contributed by atoms with Gasteiger partial charge in [-0.1, -0.05) is 32.0 Å². The summed E-state index contributed by atoms with van der Waals surface area (Å²) in [7, 11) is 1.31. The van der Waals surface area contributed by atoms with Crippen molar-refractivity contribution in [1.29, 1.82) is 0 Å². The third kappa shape index (κ3) is 3.18. The summed E-state index contributed by atoms with van der Waals surface area (Å²) in [5.41, 5.74) is 1.24. The molecule has 0 aliphatic heterocycles. The number of fused-ring (bicyclic) bond motifs is 1. The van der Waals surface area contributed by atoms with E-state index < -0.39 is 12.0 Å². The van der Waals surface area contributed by atoms with Crippen LogP contribution in [-0.2, 0) is 9.53 Å². The number of amides is 1. The number of nitrogens with one attached hydrogen (secondary N) is 1. The Labute approximate surface area is 123 Å². The summed E-state index contributed by atoms with van der Waals surface area (Å²) >= 11 is 0. The number of esters is 1. The van der Waals surface area contributed by atoms with Crippen LogP contribution in [0, 0.1) is 5.92 Å². The van der Waals surface area contributed by atoms with Gasteiger partial charge in [0.15, 0.2) is 0 Å². The fourth-order valence-electron chi connectivity index (χ4n) is 2.14. The van der Waals surface area contributed by atoms with Crippen LogP contribution < -0.4 is 5.32 Å². The zero-order valence-electron chi connectivity index (χ0n) is 12.3. The van der Waals surface area contributed by atoms with Crippen LogP contribution >= 0.6 is 0 Å². The number of ether oxygens (including phenoxy) is 1. The number of hydrogen-bond donors (Lipinski definition) is 1. The third-order valence-electron chi connectivity index (χ3n) is 3.30. The summed E-state index contributed by atoms with van der Waals surface area (Å²) in [6.45, 7) is 3.71. The number of hydrogen-bond acceptors (Lipinski definition) is 4. The van der Waals surface area contributed by atoms with Crippen LogP contribution in [-0.4, -0.2) is 30.0 Å². The van der Waals surface area contributed by atoms with Crippen molar-refractivity contribution < 1.29 is 14.3 Å². The molecule has 1 N–H and O–H groups in total. The van der Waals surface area contributed by atoms with Gasteiger partial charge in [0.1, 0.15) is 6.04 Å². The van der Waals surface area contributed by atoms with Crippen LogP contribution in [0.2, 0.25) is 0 Å². The number of carbonyl (C=O) groups excluding carboxylic acids is 2. The molecule has 0 saturated carbocycles. The second-order valence-corrected chi connectivity index (χ2v) is 5.09. The van der Waals surface area contributed by atoms with Crippen molar-refractivity contribution in [2.24, 2.45) is 5.92 Å². The lowest BCUT2D eigenvalue weighted by molar-refractivity contribution is -0.144. The van der Waals surface area contributed by atoms with Crippen LogP contribution in [0.1, 0.15) is 24.2 Å². The minimum absolute atomic E-state index is 0.0606. The first kappa shape index (κ1) is 15.0. The molecule has 1 atom stereocenters. The van der Waals surface area contributed by atoms with Crippen LogP contribution in [0.5, 0.6) is 0 Å². The van der Waals surface area contributed by atoms with E-state index in [1.807, 2.05) is 38.1 Å². The first-order chi connectivity index (χ1) is 10.0. The molecular weight excluding hydrogens is 268 g/mol. The van der Waals surface area contributed by atoms with E-state index in [1.54, 1.807) is 12.3 Å². The van der Waals surface area contributed by atoms with Crippen molar-refractivity contribution in [3.05, 3.63) is 42.1 Å². The molecule has 1 unspecified atom stereocenters. The summed E-state index contributed by atoms with van der Waals surface area (Å²) in [6, 6.07) is 8.36. The number of carbonyl (C=O) groups is 2. The lowest BCUT2D eigenvalue weighted by Crippen LogP contribution is -2.45. The topological polar surface area (TPSA) is 68.3 Å². The predicted molar refractivity (Wildman–Crippen MR) is 79.9 cm³/mol. The van der Waals surface area contributed by atoms with Crippen molar-refractivity contribution in [2.45, 2.75) is 19.9 Å². The van der Waals surface area contributed by atoms with Gasteiger partial charge >= 0.3 is 5.97 Å². The van der Waals surface area contributed by atoms with E-state index in [-0.39, 0.29) is 11.8 Å². The van der Waals surface area contributed by atoms with Crippen molar-refractivity contribution in [2.75, 3.05) is 7.11 Å². The van der Waals surface area contributed by atoms with Crippen molar-refractivity contribution in [1.82, 2.24) is 10.3 Å². The molecule has 1 heterocycles. The highest BCUT2D eigenvalue weighted by Gasteiger charge is 2.25. The highest BCUT2D eigenvalue weighted by Crippen LogP contribution is 2.16. The molecule has 0 radical (unpaired) electrons. The zero-order chi connectivity index (χ0) is 15.4. The van der Waals surface area contributed by atoms with E-state index in [9.17, 15) is 9.59 Å². The summed E-state index contributed by atoms with van der Waals surface area (Å²) in [5, 5.41) is 3.49. The van der Waals surface area contributed by atoms with Gasteiger partial charge in [-0.25, -0.2) is 4.79 Å². The Morgan fingerprint density at radius 3 is 2.57 bits per heavy atom. The second kappa shape index (κ2) is 6.35. The van der Waals surface area contributed by atoms with Gasteiger partial charge in [0.2, 0.25) is 0 Å². The average molecular weight is 286 g/mol. The molecule has 21 heavy (non-hydrogen) atoms. The Kier molecular flexibility index (Phi) is 4.52. The summed E-state index contributed by atoms with van der Waals surface area (Å²) in [5.74, 6) is -0.816. The third-order valence-corrected chi connectivity index (χ3v) is 3.30. The van der Waals surface area contributed by atoms with Gasteiger partial charge in [-0.05, 0) is 18.1 Å². The van der Waals surface area contributed by atoms with Crippen LogP contribution in [0.4, 0.5) is 0 Å². The smallest absolute Gasteiger partial charge is 0.328 e. The predicted octanol–water partition coefficient (Wildman–Crippen LogP) is 2.16. The van der Waals surface area contributed by atoms with Crippen molar-refractivity contribution in [3.8, 4) is 0 Å². The van der Waals surface area contributed by atoms with Gasteiger partial charge in [0.05, 0.1) is 18.2 Å². The summed E-state index contributed by atoms with van der Waals surface area (Å²) in [6.07, 6.45) is 1.58. The molecule has 5 nitrogen and oxygen atoms in total. The van der Waals surface area contributed by atoms with E-state index in [4.69, 9.17) is 4.74 Å². The molecule has 2 aromatic rings. The van der Waals surface area contributed by atoms with E-state index in [0.29, 0.717) is 5.56 Å². The number of benzene rings is 1. The monoisotopic (exact) mass is 286 g/mol. The SMILES string of the molecule is COC(=O)C(NC(=O)c1ccnc2ccccc12)C(C)C. The van der Waals surface area contributed by atoms with Crippen LogP contribution in [0.3, 0.4) is 0 Å². The number of para-hydroxylation sites is 1. The minimum atomic E-state index is -0.672. The summed E-state index contributed by atoms with van der Waals surface area (Å²) in [4.78, 5) is 28.4. The largest absolute Gasteiger partial charge is 0.467 e. The molecule has 5 heteroatoms. The Balaban J connectivity index is 2.32. The quantitative estimate of drug-likeness (QED) is 0.875. The molecule has 110 valence electrons. The normalized spacial score (nSPS) is 12.2. The number of pyridine rings is 1. The molecule has 1 aromatic heterocycles. The minimum Gasteiger partial charge on any atom is -0.467 e. The molecule has 0 aliphatic rings. The number of aromatic nitrogens is 1. The first-order valence-electron chi connectivity index (χ1n) is 6.77. The standard InChI is InChI=1S/C16H18N2O3/c1-10(2)14(16(20)21-3)18-15(19)12-8-9-17-13-7-5-4-6-11(12)13/h4-10,14H,1-3H3,(H,18,19). The van der Waals surface area contributed by atoms with Gasteiger partial charge in [0, 0.05) is 11.6 Å². The maximum Gasteiger partial charge on any atom is 0.328 e. The fraction of sp³-hybridized carbons (Fsp3) is 0.312. The maximum absolute atomic E-state index is 12.4. The summed E-state index contributed by atoms with van der Waals surface area (Å²) < 4.78 is 4.73. The van der Waals surface area contributed by atoms with E-state index in [0.717, 1.165) is 10.9 Å². The fourth-order valence-corrected chi connectivity index (χ4v) is 2.14. The number of rotatable bonds is 4. The number of nitrogens with zero attached hydrogens (tertiary/aromatic N) is 1. The Bertz CT molecular complexity index is 662. The molecule has 1 aromatic carbocycles. The van der Waals surface area contributed by atoms with Crippen molar-refractivity contribution in [3.63, 3.8) is 0 Å².